The number of hydrogen-bond acceptors (Lipinski definition) is 4. The van der Waals surface area contributed by atoms with Gasteiger partial charge >= 0.3 is 5.97 Å². The molecule has 1 aromatic carbocycles. The Morgan fingerprint density at radius 1 is 1.33 bits per heavy atom. The smallest absolute Gasteiger partial charge is 0.335 e. The Kier molecular flexibility index (Phi) is 5.60. The Hall–Kier alpha value is -1.76. The van der Waals surface area contributed by atoms with E-state index < -0.39 is 5.97 Å². The summed E-state index contributed by atoms with van der Waals surface area (Å²) in [4.78, 5) is 22.7. The second kappa shape index (κ2) is 6.80. The molecule has 0 aliphatic rings. The SMILES string of the molecule is COc1cc(C(=O)O)cc(Br)c1OCC(=O)NC(C)(C)C. The number of methoxy groups -OCH3 is 1. The fourth-order valence-corrected chi connectivity index (χ4v) is 2.13. The van der Waals surface area contributed by atoms with E-state index in [-0.39, 0.29) is 35.1 Å². The summed E-state index contributed by atoms with van der Waals surface area (Å²) in [5, 5.41) is 11.7. The van der Waals surface area contributed by atoms with Crippen LogP contribution in [0.15, 0.2) is 16.6 Å². The lowest BCUT2D eigenvalue weighted by atomic mass is 10.1. The first kappa shape index (κ1) is 17.3. The number of benzene rings is 1. The van der Waals surface area contributed by atoms with Crippen molar-refractivity contribution in [2.45, 2.75) is 26.3 Å². The molecule has 7 heteroatoms. The maximum absolute atomic E-state index is 11.7. The summed E-state index contributed by atoms with van der Waals surface area (Å²) >= 11 is 3.22. The molecule has 0 unspecified atom stereocenters. The summed E-state index contributed by atoms with van der Waals surface area (Å²) in [6.07, 6.45) is 0. The fraction of sp³-hybridized carbons (Fsp3) is 0.429. The zero-order chi connectivity index (χ0) is 16.2. The number of ether oxygens (including phenoxy) is 2. The molecule has 1 rings (SSSR count). The van der Waals surface area contributed by atoms with Gasteiger partial charge in [-0.05, 0) is 48.8 Å². The molecule has 0 saturated heterocycles. The molecule has 0 fully saturated rings. The molecule has 0 aliphatic heterocycles. The molecule has 0 atom stereocenters. The molecule has 0 aromatic heterocycles. The van der Waals surface area contributed by atoms with Crippen LogP contribution in [-0.2, 0) is 4.79 Å². The van der Waals surface area contributed by atoms with E-state index >= 15 is 0 Å². The molecule has 2 N–H and O–H groups in total. The summed E-state index contributed by atoms with van der Waals surface area (Å²) in [5.74, 6) is -0.832. The molecular formula is C14H18BrNO5. The predicted molar refractivity (Wildman–Crippen MR) is 81.0 cm³/mol. The highest BCUT2D eigenvalue weighted by atomic mass is 79.9. The predicted octanol–water partition coefficient (Wildman–Crippen LogP) is 2.45. The van der Waals surface area contributed by atoms with E-state index in [1.807, 2.05) is 20.8 Å². The summed E-state index contributed by atoms with van der Waals surface area (Å²) < 4.78 is 10.9. The molecule has 0 saturated carbocycles. The first-order chi connectivity index (χ1) is 9.64. The van der Waals surface area contributed by atoms with Crippen LogP contribution in [-0.4, -0.2) is 36.2 Å². The third-order valence-corrected chi connectivity index (χ3v) is 2.93. The van der Waals surface area contributed by atoms with Crippen molar-refractivity contribution >= 4 is 27.8 Å². The average molecular weight is 360 g/mol. The summed E-state index contributed by atoms with van der Waals surface area (Å²) in [6.45, 7) is 5.40. The fourth-order valence-electron chi connectivity index (χ4n) is 1.58. The van der Waals surface area contributed by atoms with Crippen molar-refractivity contribution in [1.29, 1.82) is 0 Å². The van der Waals surface area contributed by atoms with Crippen LogP contribution in [0.25, 0.3) is 0 Å². The second-order valence-corrected chi connectivity index (χ2v) is 6.24. The quantitative estimate of drug-likeness (QED) is 0.843. The summed E-state index contributed by atoms with van der Waals surface area (Å²) in [5.41, 5.74) is -0.292. The Labute approximate surface area is 131 Å². The van der Waals surface area contributed by atoms with Crippen molar-refractivity contribution in [3.63, 3.8) is 0 Å². The highest BCUT2D eigenvalue weighted by molar-refractivity contribution is 9.10. The van der Waals surface area contributed by atoms with Crippen molar-refractivity contribution in [1.82, 2.24) is 5.32 Å². The normalized spacial score (nSPS) is 10.9. The van der Waals surface area contributed by atoms with Crippen LogP contribution in [0.1, 0.15) is 31.1 Å². The zero-order valence-electron chi connectivity index (χ0n) is 12.3. The molecule has 1 aromatic rings. The van der Waals surface area contributed by atoms with E-state index in [2.05, 4.69) is 21.2 Å². The number of halogens is 1. The number of nitrogens with one attached hydrogen (secondary N) is 1. The van der Waals surface area contributed by atoms with Crippen molar-refractivity contribution < 1.29 is 24.2 Å². The van der Waals surface area contributed by atoms with Crippen molar-refractivity contribution in [2.24, 2.45) is 0 Å². The first-order valence-corrected chi connectivity index (χ1v) is 6.98. The molecule has 0 spiro atoms. The third kappa shape index (κ3) is 5.26. The Morgan fingerprint density at radius 2 is 1.95 bits per heavy atom. The summed E-state index contributed by atoms with van der Waals surface area (Å²) in [7, 11) is 1.40. The lowest BCUT2D eigenvalue weighted by Crippen LogP contribution is -2.43. The molecule has 1 amide bonds. The molecule has 0 bridgehead atoms. The Bertz CT molecular complexity index is 551. The number of carbonyl (C=O) groups is 2. The highest BCUT2D eigenvalue weighted by Gasteiger charge is 2.18. The second-order valence-electron chi connectivity index (χ2n) is 5.38. The van der Waals surface area contributed by atoms with Gasteiger partial charge in [-0.2, -0.15) is 0 Å². The van der Waals surface area contributed by atoms with Gasteiger partial charge in [-0.3, -0.25) is 4.79 Å². The lowest BCUT2D eigenvalue weighted by Gasteiger charge is -2.21. The maximum atomic E-state index is 11.7. The van der Waals surface area contributed by atoms with E-state index in [0.717, 1.165) is 0 Å². The van der Waals surface area contributed by atoms with Crippen molar-refractivity contribution in [3.05, 3.63) is 22.2 Å². The largest absolute Gasteiger partial charge is 0.493 e. The van der Waals surface area contributed by atoms with E-state index in [0.29, 0.717) is 4.47 Å². The maximum Gasteiger partial charge on any atom is 0.335 e. The van der Waals surface area contributed by atoms with Crippen molar-refractivity contribution in [3.8, 4) is 11.5 Å². The van der Waals surface area contributed by atoms with E-state index in [1.54, 1.807) is 0 Å². The minimum Gasteiger partial charge on any atom is -0.493 e. The summed E-state index contributed by atoms with van der Waals surface area (Å²) in [6, 6.07) is 2.73. The zero-order valence-corrected chi connectivity index (χ0v) is 13.9. The lowest BCUT2D eigenvalue weighted by molar-refractivity contribution is -0.124. The molecule has 0 radical (unpaired) electrons. The van der Waals surface area contributed by atoms with Gasteiger partial charge in [0.1, 0.15) is 0 Å². The van der Waals surface area contributed by atoms with E-state index in [1.165, 1.54) is 19.2 Å². The minimum atomic E-state index is -1.08. The Balaban J connectivity index is 2.89. The molecule has 0 aliphatic carbocycles. The van der Waals surface area contributed by atoms with Crippen molar-refractivity contribution in [2.75, 3.05) is 13.7 Å². The number of aromatic carboxylic acids is 1. The van der Waals surface area contributed by atoms with Gasteiger partial charge in [0, 0.05) is 5.54 Å². The van der Waals surface area contributed by atoms with Crippen LogP contribution in [0.2, 0.25) is 0 Å². The Morgan fingerprint density at radius 3 is 2.43 bits per heavy atom. The monoisotopic (exact) mass is 359 g/mol. The highest BCUT2D eigenvalue weighted by Crippen LogP contribution is 2.36. The van der Waals surface area contributed by atoms with E-state index in [9.17, 15) is 9.59 Å². The van der Waals surface area contributed by atoms with Gasteiger partial charge in [-0.25, -0.2) is 4.79 Å². The first-order valence-electron chi connectivity index (χ1n) is 6.18. The van der Waals surface area contributed by atoms with Gasteiger partial charge in [-0.15, -0.1) is 0 Å². The number of rotatable bonds is 5. The van der Waals surface area contributed by atoms with Crippen LogP contribution in [0.3, 0.4) is 0 Å². The molecule has 21 heavy (non-hydrogen) atoms. The third-order valence-electron chi connectivity index (χ3n) is 2.34. The number of carboxylic acids is 1. The molecule has 6 nitrogen and oxygen atoms in total. The van der Waals surface area contributed by atoms with Gasteiger partial charge in [0.25, 0.3) is 5.91 Å². The van der Waals surface area contributed by atoms with Gasteiger partial charge < -0.3 is 19.9 Å². The van der Waals surface area contributed by atoms with Gasteiger partial charge in [-0.1, -0.05) is 0 Å². The standard InChI is InChI=1S/C14H18BrNO5/c1-14(2,3)16-11(17)7-21-12-9(15)5-8(13(18)19)6-10(12)20-4/h5-6H,7H2,1-4H3,(H,16,17)(H,18,19). The number of hydrogen-bond donors (Lipinski definition) is 2. The number of carboxylic acid groups (broad SMARTS) is 1. The van der Waals surface area contributed by atoms with Gasteiger partial charge in [0.2, 0.25) is 0 Å². The van der Waals surface area contributed by atoms with Crippen LogP contribution in [0, 0.1) is 0 Å². The molecular weight excluding hydrogens is 342 g/mol. The minimum absolute atomic E-state index is 0.0604. The van der Waals surface area contributed by atoms with Crippen LogP contribution in [0.5, 0.6) is 11.5 Å². The van der Waals surface area contributed by atoms with Crippen LogP contribution in [0.4, 0.5) is 0 Å². The van der Waals surface area contributed by atoms with Gasteiger partial charge in [0.05, 0.1) is 17.1 Å². The topological polar surface area (TPSA) is 84.9 Å². The number of carbonyl (C=O) groups excluding carboxylic acids is 1. The van der Waals surface area contributed by atoms with Crippen LogP contribution >= 0.6 is 15.9 Å². The molecule has 116 valence electrons. The van der Waals surface area contributed by atoms with E-state index in [4.69, 9.17) is 14.6 Å². The average Bonchev–Trinajstić information content (AvgIpc) is 2.34. The molecule has 0 heterocycles. The van der Waals surface area contributed by atoms with Gasteiger partial charge in [0.15, 0.2) is 18.1 Å². The number of amides is 1. The van der Waals surface area contributed by atoms with Crippen LogP contribution < -0.4 is 14.8 Å².